The van der Waals surface area contributed by atoms with E-state index in [0.717, 1.165) is 32.2 Å². The summed E-state index contributed by atoms with van der Waals surface area (Å²) in [5.74, 6) is -0.324. The third-order valence-corrected chi connectivity index (χ3v) is 3.66. The van der Waals surface area contributed by atoms with Crippen LogP contribution in [0, 0.1) is 11.8 Å². The van der Waals surface area contributed by atoms with Gasteiger partial charge in [0, 0.05) is 0 Å². The number of nitrogens with one attached hydrogen (secondary N) is 1. The Morgan fingerprint density at radius 1 is 1.18 bits per heavy atom. The molecule has 1 fully saturated rings. The van der Waals surface area contributed by atoms with Crippen molar-refractivity contribution < 1.29 is 17.6 Å². The molecule has 0 aliphatic heterocycles. The molecule has 0 aromatic carbocycles. The van der Waals surface area contributed by atoms with Gasteiger partial charge in [0.15, 0.2) is 6.17 Å². The molecule has 1 aliphatic rings. The lowest BCUT2D eigenvalue weighted by Gasteiger charge is -2.31. The zero-order chi connectivity index (χ0) is 12.9. The minimum absolute atomic E-state index is 0.380. The Hall–Kier alpha value is -0.320. The van der Waals surface area contributed by atoms with Gasteiger partial charge in [0.2, 0.25) is 0 Å². The van der Waals surface area contributed by atoms with Crippen LogP contribution in [0.3, 0.4) is 0 Å². The Bertz CT molecular complexity index is 209. The lowest BCUT2D eigenvalue weighted by Crippen LogP contribution is -2.34. The fourth-order valence-corrected chi connectivity index (χ4v) is 2.60. The van der Waals surface area contributed by atoms with E-state index < -0.39 is 18.3 Å². The zero-order valence-corrected chi connectivity index (χ0v) is 10.2. The minimum Gasteiger partial charge on any atom is -0.320 e. The maximum Gasteiger partial charge on any atom is 0.419 e. The predicted molar refractivity (Wildman–Crippen MR) is 59.6 cm³/mol. The molecule has 1 atom stereocenters. The highest BCUT2D eigenvalue weighted by atomic mass is 19.4. The monoisotopic (exact) mass is 255 g/mol. The molecule has 0 radical (unpaired) electrons. The first kappa shape index (κ1) is 14.7. The van der Waals surface area contributed by atoms with Crippen molar-refractivity contribution in [3.05, 3.63) is 0 Å². The van der Waals surface area contributed by atoms with Gasteiger partial charge in [0.25, 0.3) is 0 Å². The largest absolute Gasteiger partial charge is 0.419 e. The normalized spacial score (nSPS) is 28.1. The molecule has 0 heterocycles. The van der Waals surface area contributed by atoms with E-state index in [0.29, 0.717) is 18.8 Å². The summed E-state index contributed by atoms with van der Waals surface area (Å²) in [5.41, 5.74) is 0. The number of hydrogen-bond acceptors (Lipinski definition) is 1. The second-order valence-corrected chi connectivity index (χ2v) is 4.97. The third kappa shape index (κ3) is 4.82. The fraction of sp³-hybridized carbons (Fsp3) is 1.00. The number of halogens is 4. The van der Waals surface area contributed by atoms with Gasteiger partial charge < -0.3 is 5.32 Å². The predicted octanol–water partition coefficient (Wildman–Crippen LogP) is 3.69. The maximum absolute atomic E-state index is 13.1. The molecule has 0 aromatic rings. The SMILES string of the molecule is CNCCCC1CCC(C(F)C(F)(F)F)CC1. The van der Waals surface area contributed by atoms with Crippen LogP contribution in [0.15, 0.2) is 0 Å². The fourth-order valence-electron chi connectivity index (χ4n) is 2.60. The van der Waals surface area contributed by atoms with Gasteiger partial charge in [-0.05, 0) is 51.1 Å². The molecule has 0 spiro atoms. The molecule has 17 heavy (non-hydrogen) atoms. The van der Waals surface area contributed by atoms with Crippen molar-refractivity contribution in [2.75, 3.05) is 13.6 Å². The van der Waals surface area contributed by atoms with E-state index in [4.69, 9.17) is 0 Å². The Labute approximate surface area is 100.0 Å². The summed E-state index contributed by atoms with van der Waals surface area (Å²) in [6, 6.07) is 0. The van der Waals surface area contributed by atoms with Crippen LogP contribution in [0.4, 0.5) is 17.6 Å². The molecular weight excluding hydrogens is 234 g/mol. The highest BCUT2D eigenvalue weighted by Crippen LogP contribution is 2.39. The number of hydrogen-bond donors (Lipinski definition) is 1. The molecule has 1 nitrogen and oxygen atoms in total. The van der Waals surface area contributed by atoms with Crippen molar-refractivity contribution in [2.24, 2.45) is 11.8 Å². The Kier molecular flexibility index (Phi) is 5.70. The van der Waals surface area contributed by atoms with Crippen LogP contribution in [0.2, 0.25) is 0 Å². The summed E-state index contributed by atoms with van der Waals surface area (Å²) >= 11 is 0. The van der Waals surface area contributed by atoms with Crippen molar-refractivity contribution in [2.45, 2.75) is 50.9 Å². The van der Waals surface area contributed by atoms with Gasteiger partial charge in [0.05, 0.1) is 0 Å². The van der Waals surface area contributed by atoms with Crippen molar-refractivity contribution in [3.8, 4) is 0 Å². The van der Waals surface area contributed by atoms with E-state index in [1.165, 1.54) is 0 Å². The van der Waals surface area contributed by atoms with Crippen LogP contribution in [0.25, 0.3) is 0 Å². The first-order valence-electron chi connectivity index (χ1n) is 6.30. The Morgan fingerprint density at radius 3 is 2.24 bits per heavy atom. The molecule has 5 heteroatoms. The molecule has 1 unspecified atom stereocenters. The van der Waals surface area contributed by atoms with Crippen LogP contribution in [-0.4, -0.2) is 25.9 Å². The highest BCUT2D eigenvalue weighted by Gasteiger charge is 2.45. The van der Waals surface area contributed by atoms with Gasteiger partial charge in [-0.2, -0.15) is 13.2 Å². The summed E-state index contributed by atoms with van der Waals surface area (Å²) in [6.45, 7) is 0.939. The Balaban J connectivity index is 2.26. The third-order valence-electron chi connectivity index (χ3n) is 3.66. The zero-order valence-electron chi connectivity index (χ0n) is 10.2. The van der Waals surface area contributed by atoms with Gasteiger partial charge in [-0.1, -0.05) is 12.8 Å². The van der Waals surface area contributed by atoms with Crippen molar-refractivity contribution in [3.63, 3.8) is 0 Å². The molecule has 1 N–H and O–H groups in total. The average Bonchev–Trinajstić information content (AvgIpc) is 2.28. The van der Waals surface area contributed by atoms with Gasteiger partial charge in [0.1, 0.15) is 0 Å². The lowest BCUT2D eigenvalue weighted by molar-refractivity contribution is -0.197. The quantitative estimate of drug-likeness (QED) is 0.583. The van der Waals surface area contributed by atoms with Gasteiger partial charge in [-0.15, -0.1) is 0 Å². The summed E-state index contributed by atoms with van der Waals surface area (Å²) in [5, 5.41) is 3.05. The first-order valence-corrected chi connectivity index (χ1v) is 6.30. The lowest BCUT2D eigenvalue weighted by atomic mass is 9.78. The van der Waals surface area contributed by atoms with E-state index in [9.17, 15) is 17.6 Å². The van der Waals surface area contributed by atoms with Gasteiger partial charge >= 0.3 is 6.18 Å². The first-order chi connectivity index (χ1) is 7.95. The summed E-state index contributed by atoms with van der Waals surface area (Å²) in [6.07, 6.45) is -2.98. The number of alkyl halides is 4. The molecule has 1 aliphatic carbocycles. The van der Waals surface area contributed by atoms with Crippen molar-refractivity contribution in [1.82, 2.24) is 5.32 Å². The Morgan fingerprint density at radius 2 is 1.76 bits per heavy atom. The molecule has 1 saturated carbocycles. The van der Waals surface area contributed by atoms with E-state index in [1.54, 1.807) is 0 Å². The van der Waals surface area contributed by atoms with Gasteiger partial charge in [-0.3, -0.25) is 0 Å². The highest BCUT2D eigenvalue weighted by molar-refractivity contribution is 4.81. The second-order valence-electron chi connectivity index (χ2n) is 4.97. The molecular formula is C12H21F4N. The van der Waals surface area contributed by atoms with Gasteiger partial charge in [-0.25, -0.2) is 4.39 Å². The van der Waals surface area contributed by atoms with Crippen molar-refractivity contribution >= 4 is 0 Å². The summed E-state index contributed by atoms with van der Waals surface area (Å²) < 4.78 is 49.7. The van der Waals surface area contributed by atoms with Crippen LogP contribution in [0.5, 0.6) is 0 Å². The topological polar surface area (TPSA) is 12.0 Å². The van der Waals surface area contributed by atoms with E-state index in [1.807, 2.05) is 7.05 Å². The molecule has 0 amide bonds. The molecule has 0 bridgehead atoms. The smallest absolute Gasteiger partial charge is 0.320 e. The maximum atomic E-state index is 13.1. The average molecular weight is 255 g/mol. The van der Waals surface area contributed by atoms with E-state index in [-0.39, 0.29) is 0 Å². The number of rotatable bonds is 5. The van der Waals surface area contributed by atoms with Crippen LogP contribution >= 0.6 is 0 Å². The molecule has 1 rings (SSSR count). The van der Waals surface area contributed by atoms with Crippen molar-refractivity contribution in [1.29, 1.82) is 0 Å². The van der Waals surface area contributed by atoms with Crippen LogP contribution in [0.1, 0.15) is 38.5 Å². The molecule has 0 aromatic heterocycles. The standard InChI is InChI=1S/C12H21F4N/c1-17-8-2-3-9-4-6-10(7-5-9)11(13)12(14,15)16/h9-11,17H,2-8H2,1H3. The molecule has 102 valence electrons. The summed E-state index contributed by atoms with van der Waals surface area (Å²) in [7, 11) is 1.88. The minimum atomic E-state index is -4.68. The molecule has 0 saturated heterocycles. The second kappa shape index (κ2) is 6.57. The van der Waals surface area contributed by atoms with Crippen LogP contribution in [-0.2, 0) is 0 Å². The van der Waals surface area contributed by atoms with E-state index in [2.05, 4.69) is 5.32 Å². The van der Waals surface area contributed by atoms with E-state index >= 15 is 0 Å². The summed E-state index contributed by atoms with van der Waals surface area (Å²) in [4.78, 5) is 0. The van der Waals surface area contributed by atoms with Crippen LogP contribution < -0.4 is 5.32 Å².